The number of aliphatic hydroxyl groups excluding tert-OH is 1. The molecule has 5 N–H and O–H groups in total. The van der Waals surface area contributed by atoms with E-state index in [1.807, 2.05) is 42.5 Å². The first-order valence-electron chi connectivity index (χ1n) is 13.7. The molecule has 0 radical (unpaired) electrons. The molecule has 1 fully saturated rings. The first kappa shape index (κ1) is 31.4. The van der Waals surface area contributed by atoms with Crippen LogP contribution in [0.2, 0.25) is 5.02 Å². The van der Waals surface area contributed by atoms with Gasteiger partial charge in [0.1, 0.15) is 35.5 Å². The summed E-state index contributed by atoms with van der Waals surface area (Å²) in [6, 6.07) is 17.9. The van der Waals surface area contributed by atoms with E-state index in [2.05, 4.69) is 24.1 Å². The molecule has 3 aromatic carbocycles. The Morgan fingerprint density at radius 1 is 1.17 bits per heavy atom. The van der Waals surface area contributed by atoms with Gasteiger partial charge in [0.15, 0.2) is 0 Å². The van der Waals surface area contributed by atoms with E-state index in [1.165, 1.54) is 6.07 Å². The Morgan fingerprint density at radius 3 is 2.57 bits per heavy atom. The Balaban J connectivity index is 0.00000405. The van der Waals surface area contributed by atoms with Gasteiger partial charge in [0.2, 0.25) is 5.91 Å². The lowest BCUT2D eigenvalue weighted by Gasteiger charge is -2.28. The second-order valence-corrected chi connectivity index (χ2v) is 11.7. The van der Waals surface area contributed by atoms with Crippen LogP contribution in [0.1, 0.15) is 42.6 Å². The van der Waals surface area contributed by atoms with Crippen LogP contribution in [0.25, 0.3) is 11.0 Å². The largest absolute Gasteiger partial charge is 0.489 e. The van der Waals surface area contributed by atoms with E-state index in [0.717, 1.165) is 29.4 Å². The number of imidazole rings is 1. The molecule has 1 aliphatic carbocycles. The number of para-hydroxylation sites is 1. The number of rotatable bonds is 13. The maximum Gasteiger partial charge on any atom is 0.326 e. The third kappa shape index (κ3) is 7.86. The van der Waals surface area contributed by atoms with Gasteiger partial charge in [-0.3, -0.25) is 9.36 Å². The molecule has 11 heteroatoms. The van der Waals surface area contributed by atoms with Gasteiger partial charge in [-0.05, 0) is 87.1 Å². The number of hydrogen-bond donors (Lipinski definition) is 4. The monoisotopic (exact) mass is 614 g/mol. The Morgan fingerprint density at radius 2 is 1.90 bits per heavy atom. The molecule has 4 aromatic rings. The minimum Gasteiger partial charge on any atom is -0.489 e. The average Bonchev–Trinajstić information content (AvgIpc) is 3.70. The number of hydrogen-bond acceptors (Lipinski definition) is 6. The van der Waals surface area contributed by atoms with Crippen LogP contribution in [0.4, 0.5) is 0 Å². The lowest BCUT2D eigenvalue weighted by molar-refractivity contribution is 0.0993. The summed E-state index contributed by atoms with van der Waals surface area (Å²) in [4.78, 5) is 26.7. The molecule has 9 nitrogen and oxygen atoms in total. The molecule has 224 valence electrons. The quantitative estimate of drug-likeness (QED) is 0.166. The number of amides is 1. The number of ether oxygens (including phenoxy) is 2. The average molecular weight is 616 g/mol. The van der Waals surface area contributed by atoms with Gasteiger partial charge in [-0.25, -0.2) is 4.79 Å². The summed E-state index contributed by atoms with van der Waals surface area (Å²) < 4.78 is 13.6. The van der Waals surface area contributed by atoms with E-state index in [-0.39, 0.29) is 30.2 Å². The Labute approximate surface area is 255 Å². The molecule has 42 heavy (non-hydrogen) atoms. The third-order valence-electron chi connectivity index (χ3n) is 7.15. The lowest BCUT2D eigenvalue weighted by Crippen LogP contribution is -2.46. The predicted octanol–water partition coefficient (Wildman–Crippen LogP) is 5.06. The van der Waals surface area contributed by atoms with Gasteiger partial charge in [0.25, 0.3) is 0 Å². The second kappa shape index (κ2) is 13.2. The number of aliphatic hydroxyl groups is 1. The van der Waals surface area contributed by atoms with Crippen molar-refractivity contribution in [2.75, 3.05) is 13.2 Å². The van der Waals surface area contributed by atoms with Gasteiger partial charge in [0, 0.05) is 24.2 Å². The number of carbonyl (C=O) groups is 1. The van der Waals surface area contributed by atoms with Crippen molar-refractivity contribution in [3.8, 4) is 17.2 Å². The highest BCUT2D eigenvalue weighted by molar-refractivity contribution is 6.32. The van der Waals surface area contributed by atoms with Gasteiger partial charge in [-0.1, -0.05) is 29.8 Å². The molecule has 1 aliphatic rings. The number of H-pyrrole nitrogens is 1. The van der Waals surface area contributed by atoms with Crippen LogP contribution < -0.4 is 26.2 Å². The van der Waals surface area contributed by atoms with Crippen molar-refractivity contribution in [3.05, 3.63) is 87.3 Å². The number of carbonyl (C=O) groups excluding carboxylic acids is 1. The fraction of sp³-hybridized carbons (Fsp3) is 0.355. The molecule has 1 saturated carbocycles. The fourth-order valence-corrected chi connectivity index (χ4v) is 5.01. The topological polar surface area (TPSA) is 132 Å². The number of primary amides is 1. The van der Waals surface area contributed by atoms with Gasteiger partial charge in [-0.15, -0.1) is 12.4 Å². The van der Waals surface area contributed by atoms with Crippen molar-refractivity contribution < 1.29 is 19.4 Å². The number of aromatic amines is 1. The normalized spacial score (nSPS) is 13.9. The zero-order valence-corrected chi connectivity index (χ0v) is 25.1. The van der Waals surface area contributed by atoms with Crippen molar-refractivity contribution in [2.45, 2.75) is 51.3 Å². The third-order valence-corrected chi connectivity index (χ3v) is 7.45. The van der Waals surface area contributed by atoms with Crippen LogP contribution in [-0.4, -0.2) is 45.4 Å². The number of nitrogens with zero attached hydrogens (tertiary/aromatic N) is 1. The van der Waals surface area contributed by atoms with Crippen LogP contribution in [0, 0.1) is 5.92 Å². The summed E-state index contributed by atoms with van der Waals surface area (Å²) >= 11 is 6.23. The molecule has 1 aromatic heterocycles. The highest BCUT2D eigenvalue weighted by Crippen LogP contribution is 2.33. The predicted molar refractivity (Wildman–Crippen MR) is 166 cm³/mol. The van der Waals surface area contributed by atoms with Crippen molar-refractivity contribution in [2.24, 2.45) is 11.7 Å². The number of nitrogens with two attached hydrogens (primary N) is 1. The number of fused-ring (bicyclic) bond motifs is 1. The first-order chi connectivity index (χ1) is 19.6. The zero-order valence-electron chi connectivity index (χ0n) is 23.6. The van der Waals surface area contributed by atoms with E-state index in [0.29, 0.717) is 53.3 Å². The van der Waals surface area contributed by atoms with Crippen LogP contribution in [0.5, 0.6) is 17.2 Å². The Bertz CT molecular complexity index is 1600. The standard InChI is InChI=1S/C31H35ClN4O5.ClH/c1-31(2,15-19-8-11-23(12-9-19)41-26-13-10-21(29(33)38)14-24(26)32)34-16-22(37)18-40-27-5-3-4-25-28(27)36(30(39)35-25)17-20-6-7-20;/h3-5,8-14,20,22,34,37H,6-7,15-18H2,1-2H3,(H2,33,38)(H,35,39);1H/t22-;/m0./s1. The van der Waals surface area contributed by atoms with E-state index in [1.54, 1.807) is 16.7 Å². The van der Waals surface area contributed by atoms with Crippen molar-refractivity contribution in [1.29, 1.82) is 0 Å². The summed E-state index contributed by atoms with van der Waals surface area (Å²) in [5, 5.41) is 14.4. The summed E-state index contributed by atoms with van der Waals surface area (Å²) in [5.74, 6) is 1.62. The van der Waals surface area contributed by atoms with Gasteiger partial charge >= 0.3 is 5.69 Å². The molecule has 5 rings (SSSR count). The Hall–Kier alpha value is -3.50. The fourth-order valence-electron chi connectivity index (χ4n) is 4.79. The number of benzene rings is 3. The molecular formula is C31H36Cl2N4O5. The molecular weight excluding hydrogens is 579 g/mol. The number of nitrogens with one attached hydrogen (secondary N) is 2. The maximum atomic E-state index is 12.5. The first-order valence-corrected chi connectivity index (χ1v) is 14.1. The SMILES string of the molecule is CC(C)(Cc1ccc(Oc2ccc(C(N)=O)cc2Cl)cc1)NC[C@H](O)COc1cccc2[nH]c(=O)n(CC3CC3)c12.Cl. The van der Waals surface area contributed by atoms with Crippen molar-refractivity contribution in [3.63, 3.8) is 0 Å². The van der Waals surface area contributed by atoms with Crippen molar-refractivity contribution in [1.82, 2.24) is 14.9 Å². The molecule has 0 aliphatic heterocycles. The van der Waals surface area contributed by atoms with Crippen LogP contribution >= 0.6 is 24.0 Å². The molecule has 0 spiro atoms. The molecule has 1 atom stereocenters. The summed E-state index contributed by atoms with van der Waals surface area (Å²) in [6.07, 6.45) is 2.26. The number of β-amino-alcohol motifs (C(OH)–C–C–N with tert-alkyl or cyclic N) is 1. The van der Waals surface area contributed by atoms with Crippen LogP contribution in [0.3, 0.4) is 0 Å². The summed E-state index contributed by atoms with van der Waals surface area (Å²) in [6.45, 7) is 5.26. The molecule has 1 heterocycles. The van der Waals surface area contributed by atoms with Gasteiger partial charge in [-0.2, -0.15) is 0 Å². The van der Waals surface area contributed by atoms with E-state index in [9.17, 15) is 14.7 Å². The lowest BCUT2D eigenvalue weighted by atomic mass is 9.94. The highest BCUT2D eigenvalue weighted by atomic mass is 35.5. The molecule has 0 unspecified atom stereocenters. The molecule has 0 saturated heterocycles. The van der Waals surface area contributed by atoms with E-state index in [4.69, 9.17) is 26.8 Å². The summed E-state index contributed by atoms with van der Waals surface area (Å²) in [7, 11) is 0. The smallest absolute Gasteiger partial charge is 0.326 e. The minimum atomic E-state index is -0.742. The highest BCUT2D eigenvalue weighted by Gasteiger charge is 2.25. The summed E-state index contributed by atoms with van der Waals surface area (Å²) in [5.41, 5.74) is 7.75. The van der Waals surface area contributed by atoms with Crippen LogP contribution in [0.15, 0.2) is 65.5 Å². The minimum absolute atomic E-state index is 0. The molecule has 1 amide bonds. The van der Waals surface area contributed by atoms with E-state index >= 15 is 0 Å². The zero-order chi connectivity index (χ0) is 29.1. The van der Waals surface area contributed by atoms with Crippen LogP contribution in [-0.2, 0) is 13.0 Å². The Kier molecular flexibility index (Phi) is 9.89. The van der Waals surface area contributed by atoms with E-state index < -0.39 is 12.0 Å². The van der Waals surface area contributed by atoms with Crippen molar-refractivity contribution >= 4 is 40.9 Å². The number of aromatic nitrogens is 2. The second-order valence-electron chi connectivity index (χ2n) is 11.3. The maximum absolute atomic E-state index is 12.5. The van der Waals surface area contributed by atoms with Gasteiger partial charge in [0.05, 0.1) is 10.5 Å². The molecule has 0 bridgehead atoms. The number of halogens is 2. The van der Waals surface area contributed by atoms with Gasteiger partial charge < -0.3 is 30.6 Å².